The zero-order chi connectivity index (χ0) is 15.9. The van der Waals surface area contributed by atoms with Crippen molar-refractivity contribution in [1.82, 2.24) is 0 Å². The summed E-state index contributed by atoms with van der Waals surface area (Å²) in [5, 5.41) is 0. The van der Waals surface area contributed by atoms with Crippen molar-refractivity contribution in [3.63, 3.8) is 0 Å². The van der Waals surface area contributed by atoms with E-state index in [0.717, 1.165) is 0 Å². The van der Waals surface area contributed by atoms with Gasteiger partial charge in [0.1, 0.15) is 5.75 Å². The molecule has 0 aliphatic rings. The molecule has 0 aliphatic heterocycles. The quantitative estimate of drug-likeness (QED) is 0.466. The Bertz CT molecular complexity index is 664. The first kappa shape index (κ1) is 15.6. The zero-order valence-electron chi connectivity index (χ0n) is 12.4. The van der Waals surface area contributed by atoms with Gasteiger partial charge in [-0.15, -0.1) is 0 Å². The Morgan fingerprint density at radius 2 is 1.73 bits per heavy atom. The average Bonchev–Trinajstić information content (AvgIpc) is 2.54. The first-order valence-corrected chi connectivity index (χ1v) is 6.67. The second-order valence-corrected chi connectivity index (χ2v) is 4.50. The van der Waals surface area contributed by atoms with E-state index >= 15 is 0 Å². The number of benzene rings is 2. The fourth-order valence-electron chi connectivity index (χ4n) is 1.78. The van der Waals surface area contributed by atoms with Gasteiger partial charge in [0.2, 0.25) is 0 Å². The lowest BCUT2D eigenvalue weighted by atomic mass is 10.1. The van der Waals surface area contributed by atoms with Crippen molar-refractivity contribution in [2.24, 2.45) is 0 Å². The van der Waals surface area contributed by atoms with Crippen molar-refractivity contribution in [3.05, 3.63) is 54.1 Å². The van der Waals surface area contributed by atoms with Crippen LogP contribution < -0.4 is 14.2 Å². The number of para-hydroxylation sites is 1. The number of rotatable bonds is 6. The second-order valence-electron chi connectivity index (χ2n) is 4.50. The van der Waals surface area contributed by atoms with E-state index in [2.05, 4.69) is 0 Å². The van der Waals surface area contributed by atoms with Gasteiger partial charge in [-0.05, 0) is 37.3 Å². The van der Waals surface area contributed by atoms with Crippen molar-refractivity contribution in [2.75, 3.05) is 13.7 Å². The van der Waals surface area contributed by atoms with Crippen LogP contribution in [0.4, 0.5) is 0 Å². The third kappa shape index (κ3) is 4.09. The minimum Gasteiger partial charge on any atom is -0.493 e. The highest BCUT2D eigenvalue weighted by Crippen LogP contribution is 2.28. The molecule has 5 heteroatoms. The van der Waals surface area contributed by atoms with Crippen LogP contribution >= 0.6 is 0 Å². The van der Waals surface area contributed by atoms with E-state index in [1.165, 1.54) is 26.2 Å². The maximum Gasteiger partial charge on any atom is 0.349 e. The summed E-state index contributed by atoms with van der Waals surface area (Å²) in [6.45, 7) is 1.23. The maximum atomic E-state index is 11.8. The molecule has 0 radical (unpaired) electrons. The Labute approximate surface area is 128 Å². The maximum absolute atomic E-state index is 11.8. The van der Waals surface area contributed by atoms with Gasteiger partial charge in [0, 0.05) is 5.56 Å². The third-order valence-electron chi connectivity index (χ3n) is 2.89. The standard InChI is InChI=1S/C17H16O5/c1-12(18)13-8-9-15(16(10-13)20-2)22-17(19)11-21-14-6-4-3-5-7-14/h3-10H,11H2,1-2H3. The number of Topliss-reactive ketones (excluding diaryl/α,β-unsaturated/α-hetero) is 1. The molecular formula is C17H16O5. The van der Waals surface area contributed by atoms with Gasteiger partial charge in [-0.3, -0.25) is 4.79 Å². The lowest BCUT2D eigenvalue weighted by Crippen LogP contribution is -2.18. The lowest BCUT2D eigenvalue weighted by molar-refractivity contribution is -0.136. The second kappa shape index (κ2) is 7.26. The number of hydrogen-bond donors (Lipinski definition) is 0. The summed E-state index contributed by atoms with van der Waals surface area (Å²) in [6, 6.07) is 13.6. The molecule has 22 heavy (non-hydrogen) atoms. The highest BCUT2D eigenvalue weighted by molar-refractivity contribution is 5.94. The van der Waals surface area contributed by atoms with Crippen molar-refractivity contribution < 1.29 is 23.8 Å². The highest BCUT2D eigenvalue weighted by Gasteiger charge is 2.13. The topological polar surface area (TPSA) is 61.8 Å². The molecular weight excluding hydrogens is 284 g/mol. The van der Waals surface area contributed by atoms with Crippen molar-refractivity contribution >= 4 is 11.8 Å². The van der Waals surface area contributed by atoms with Gasteiger partial charge in [0.05, 0.1) is 7.11 Å². The van der Waals surface area contributed by atoms with Gasteiger partial charge in [-0.25, -0.2) is 4.79 Å². The summed E-state index contributed by atoms with van der Waals surface area (Å²) in [7, 11) is 1.44. The predicted molar refractivity (Wildman–Crippen MR) is 80.6 cm³/mol. The lowest BCUT2D eigenvalue weighted by Gasteiger charge is -2.10. The normalized spacial score (nSPS) is 9.91. The Morgan fingerprint density at radius 1 is 1.00 bits per heavy atom. The van der Waals surface area contributed by atoms with Crippen LogP contribution in [-0.4, -0.2) is 25.5 Å². The summed E-state index contributed by atoms with van der Waals surface area (Å²) in [5.74, 6) is 0.495. The molecule has 2 aromatic rings. The molecule has 0 saturated heterocycles. The van der Waals surface area contributed by atoms with E-state index in [1.807, 2.05) is 18.2 Å². The molecule has 0 heterocycles. The van der Waals surface area contributed by atoms with Crippen LogP contribution in [0.2, 0.25) is 0 Å². The number of ether oxygens (including phenoxy) is 3. The molecule has 0 N–H and O–H groups in total. The zero-order valence-corrected chi connectivity index (χ0v) is 12.4. The van der Waals surface area contributed by atoms with Gasteiger partial charge in [-0.1, -0.05) is 18.2 Å². The summed E-state index contributed by atoms with van der Waals surface area (Å²) >= 11 is 0. The Hall–Kier alpha value is -2.82. The minimum absolute atomic E-state index is 0.0939. The Morgan fingerprint density at radius 3 is 2.36 bits per heavy atom. The summed E-state index contributed by atoms with van der Waals surface area (Å²) in [5.41, 5.74) is 0.484. The van der Waals surface area contributed by atoms with Crippen LogP contribution in [-0.2, 0) is 4.79 Å². The number of carbonyl (C=O) groups is 2. The first-order valence-electron chi connectivity index (χ1n) is 6.67. The van der Waals surface area contributed by atoms with Gasteiger partial charge in [0.15, 0.2) is 23.9 Å². The van der Waals surface area contributed by atoms with Crippen LogP contribution in [0.15, 0.2) is 48.5 Å². The van der Waals surface area contributed by atoms with Crippen LogP contribution in [0.1, 0.15) is 17.3 Å². The summed E-state index contributed by atoms with van der Waals surface area (Å²) < 4.78 is 15.6. The third-order valence-corrected chi connectivity index (χ3v) is 2.89. The fraction of sp³-hybridized carbons (Fsp3) is 0.176. The SMILES string of the molecule is COc1cc(C(C)=O)ccc1OC(=O)COc1ccccc1. The molecule has 0 fully saturated rings. The molecule has 0 saturated carbocycles. The summed E-state index contributed by atoms with van der Waals surface area (Å²) in [4.78, 5) is 23.1. The molecule has 0 amide bonds. The van der Waals surface area contributed by atoms with Gasteiger partial charge < -0.3 is 14.2 Å². The smallest absolute Gasteiger partial charge is 0.349 e. The monoisotopic (exact) mass is 300 g/mol. The number of esters is 1. The van der Waals surface area contributed by atoms with E-state index in [-0.39, 0.29) is 18.1 Å². The van der Waals surface area contributed by atoms with Gasteiger partial charge in [-0.2, -0.15) is 0 Å². The van der Waals surface area contributed by atoms with E-state index in [4.69, 9.17) is 14.2 Å². The Kier molecular flexibility index (Phi) is 5.14. The molecule has 0 aliphatic carbocycles. The van der Waals surface area contributed by atoms with E-state index in [1.54, 1.807) is 18.2 Å². The Balaban J connectivity index is 2.00. The van der Waals surface area contributed by atoms with Gasteiger partial charge in [0.25, 0.3) is 0 Å². The summed E-state index contributed by atoms with van der Waals surface area (Å²) in [6.07, 6.45) is 0. The molecule has 114 valence electrons. The molecule has 2 rings (SSSR count). The average molecular weight is 300 g/mol. The molecule has 0 spiro atoms. The highest BCUT2D eigenvalue weighted by atomic mass is 16.6. The van der Waals surface area contributed by atoms with Crippen LogP contribution in [0, 0.1) is 0 Å². The van der Waals surface area contributed by atoms with Crippen molar-refractivity contribution in [1.29, 1.82) is 0 Å². The predicted octanol–water partition coefficient (Wildman–Crippen LogP) is 2.88. The molecule has 0 unspecified atom stereocenters. The van der Waals surface area contributed by atoms with E-state index in [9.17, 15) is 9.59 Å². The van der Waals surface area contributed by atoms with Crippen LogP contribution in [0.25, 0.3) is 0 Å². The molecule has 0 atom stereocenters. The number of hydrogen-bond acceptors (Lipinski definition) is 5. The molecule has 0 bridgehead atoms. The number of methoxy groups -OCH3 is 1. The van der Waals surface area contributed by atoms with Crippen molar-refractivity contribution in [2.45, 2.75) is 6.92 Å². The van der Waals surface area contributed by atoms with E-state index < -0.39 is 5.97 Å². The van der Waals surface area contributed by atoms with Gasteiger partial charge >= 0.3 is 5.97 Å². The minimum atomic E-state index is -0.558. The van der Waals surface area contributed by atoms with E-state index in [0.29, 0.717) is 17.1 Å². The fourth-order valence-corrected chi connectivity index (χ4v) is 1.78. The van der Waals surface area contributed by atoms with Crippen LogP contribution in [0.3, 0.4) is 0 Å². The van der Waals surface area contributed by atoms with Crippen LogP contribution in [0.5, 0.6) is 17.2 Å². The van der Waals surface area contributed by atoms with Crippen molar-refractivity contribution in [3.8, 4) is 17.2 Å². The first-order chi connectivity index (χ1) is 10.6. The number of carbonyl (C=O) groups excluding carboxylic acids is 2. The molecule has 2 aromatic carbocycles. The molecule has 5 nitrogen and oxygen atoms in total. The largest absolute Gasteiger partial charge is 0.493 e. The molecule has 0 aromatic heterocycles. The number of ketones is 1.